The molecule has 0 saturated heterocycles. The highest BCUT2D eigenvalue weighted by atomic mass is 32.2. The Labute approximate surface area is 255 Å². The van der Waals surface area contributed by atoms with Crippen LogP contribution >= 0.6 is 0 Å². The minimum absolute atomic E-state index is 0.0345. The minimum Gasteiger partial charge on any atom is -0.410 e. The largest absolute Gasteiger partial charge is 0.410 e. The van der Waals surface area contributed by atoms with Crippen molar-refractivity contribution in [2.24, 2.45) is 5.41 Å². The second kappa shape index (κ2) is 11.9. The highest BCUT2D eigenvalue weighted by molar-refractivity contribution is 7.85. The molecule has 2 unspecified atom stereocenters. The summed E-state index contributed by atoms with van der Waals surface area (Å²) in [7, 11) is -5.66. The molecule has 8 heteroatoms. The van der Waals surface area contributed by atoms with Gasteiger partial charge in [0.05, 0.1) is 19.0 Å². The van der Waals surface area contributed by atoms with E-state index < -0.39 is 24.5 Å². The van der Waals surface area contributed by atoms with Crippen molar-refractivity contribution in [3.05, 3.63) is 69.5 Å². The molecule has 6 nitrogen and oxygen atoms in total. The van der Waals surface area contributed by atoms with Crippen molar-refractivity contribution in [1.29, 1.82) is 0 Å². The molecule has 0 fully saturated rings. The van der Waals surface area contributed by atoms with Crippen LogP contribution in [0.25, 0.3) is 5.57 Å². The van der Waals surface area contributed by atoms with Crippen molar-refractivity contribution in [2.75, 3.05) is 6.26 Å². The maximum Gasteiger partial charge on any atom is 0.264 e. The summed E-state index contributed by atoms with van der Waals surface area (Å²) in [6.45, 7) is 20.4. The first kappa shape index (κ1) is 33.1. The van der Waals surface area contributed by atoms with Gasteiger partial charge in [-0.2, -0.15) is 8.42 Å². The minimum atomic E-state index is -3.54. The van der Waals surface area contributed by atoms with E-state index in [0.717, 1.165) is 72.0 Å². The number of hydrogen-bond donors (Lipinski definition) is 1. The molecule has 232 valence electrons. The first-order chi connectivity index (χ1) is 19.3. The van der Waals surface area contributed by atoms with Crippen LogP contribution in [0.4, 0.5) is 0 Å². The molecule has 0 radical (unpaired) electrons. The molecule has 2 atom stereocenters. The summed E-state index contributed by atoms with van der Waals surface area (Å²) in [4.78, 5) is 5.36. The number of aliphatic hydroxyl groups excluding tert-OH is 1. The smallest absolute Gasteiger partial charge is 0.264 e. The van der Waals surface area contributed by atoms with Crippen molar-refractivity contribution in [2.45, 2.75) is 123 Å². The number of pyridine rings is 1. The second-order valence-electron chi connectivity index (χ2n) is 14.9. The third-order valence-corrected chi connectivity index (χ3v) is 14.3. The molecule has 0 aliphatic heterocycles. The van der Waals surface area contributed by atoms with Crippen molar-refractivity contribution in [3.63, 3.8) is 0 Å². The fourth-order valence-corrected chi connectivity index (χ4v) is 7.64. The number of aliphatic hydroxyl groups is 1. The maximum atomic E-state index is 12.1. The van der Waals surface area contributed by atoms with E-state index in [4.69, 9.17) is 13.6 Å². The lowest BCUT2D eigenvalue weighted by atomic mass is 9.71. The SMILES string of the molecule is CC(C)c1nc2c(c(C3=CCCC3)c1C(O)c1ccc(COS(C)(=O)=O)cc1)C(O[Si](C)(C)C(C)(C)C)CC(C)(C)C2. The molecule has 0 spiro atoms. The monoisotopic (exact) mass is 613 g/mol. The highest BCUT2D eigenvalue weighted by Crippen LogP contribution is 2.52. The highest BCUT2D eigenvalue weighted by Gasteiger charge is 2.45. The van der Waals surface area contributed by atoms with Gasteiger partial charge in [-0.25, -0.2) is 0 Å². The zero-order chi connectivity index (χ0) is 31.3. The van der Waals surface area contributed by atoms with Crippen LogP contribution in [0.3, 0.4) is 0 Å². The van der Waals surface area contributed by atoms with Crippen LogP contribution in [0.15, 0.2) is 30.3 Å². The van der Waals surface area contributed by atoms with Crippen LogP contribution in [-0.4, -0.2) is 33.1 Å². The summed E-state index contributed by atoms with van der Waals surface area (Å²) >= 11 is 0. The number of hydrogen-bond acceptors (Lipinski definition) is 6. The van der Waals surface area contributed by atoms with Gasteiger partial charge in [-0.1, -0.05) is 78.8 Å². The van der Waals surface area contributed by atoms with E-state index in [9.17, 15) is 13.5 Å². The van der Waals surface area contributed by atoms with E-state index in [0.29, 0.717) is 0 Å². The average molecular weight is 614 g/mol. The van der Waals surface area contributed by atoms with Crippen molar-refractivity contribution >= 4 is 24.0 Å². The second-order valence-corrected chi connectivity index (χ2v) is 21.3. The zero-order valence-electron chi connectivity index (χ0n) is 27.3. The molecule has 1 aromatic heterocycles. The van der Waals surface area contributed by atoms with Crippen molar-refractivity contribution in [1.82, 2.24) is 4.98 Å². The van der Waals surface area contributed by atoms with Crippen LogP contribution in [-0.2, 0) is 31.8 Å². The summed E-state index contributed by atoms with van der Waals surface area (Å²) in [5.74, 6) is 0.118. The van der Waals surface area contributed by atoms with E-state index in [1.165, 1.54) is 11.1 Å². The first-order valence-electron chi connectivity index (χ1n) is 15.3. The Morgan fingerprint density at radius 3 is 2.31 bits per heavy atom. The standard InChI is InChI=1S/C34H51NO5SSi/c1-22(2)31-30(32(36)25-17-15-23(16-18-25)21-39-41(8,37)38)28(24-13-11-12-14-24)29-26(35-31)19-34(6,7)20-27(29)40-42(9,10)33(3,4)5/h13,15-18,22,27,32,36H,11-12,14,19-21H2,1-10H3. The number of nitrogens with zero attached hydrogens (tertiary/aromatic N) is 1. The molecule has 4 rings (SSSR count). The van der Waals surface area contributed by atoms with Crippen LogP contribution in [0.1, 0.15) is 131 Å². The summed E-state index contributed by atoms with van der Waals surface area (Å²) in [5.41, 5.74) is 8.11. The molecule has 1 aromatic carbocycles. The lowest BCUT2D eigenvalue weighted by molar-refractivity contribution is 0.105. The number of allylic oxidation sites excluding steroid dienone is 2. The molecule has 0 saturated carbocycles. The van der Waals surface area contributed by atoms with Gasteiger partial charge in [0.15, 0.2) is 8.32 Å². The van der Waals surface area contributed by atoms with Gasteiger partial charge in [-0.15, -0.1) is 0 Å². The molecular weight excluding hydrogens is 563 g/mol. The van der Waals surface area contributed by atoms with E-state index in [1.54, 1.807) is 0 Å². The normalized spacial score (nSPS) is 20.0. The van der Waals surface area contributed by atoms with Crippen molar-refractivity contribution in [3.8, 4) is 0 Å². The lowest BCUT2D eigenvalue weighted by Gasteiger charge is -2.45. The summed E-state index contributed by atoms with van der Waals surface area (Å²) < 4.78 is 35.2. The van der Waals surface area contributed by atoms with Gasteiger partial charge >= 0.3 is 0 Å². The molecule has 2 aliphatic rings. The molecule has 0 bridgehead atoms. The number of rotatable bonds is 9. The number of benzene rings is 1. The fourth-order valence-electron chi connectivity index (χ4n) is 6.03. The van der Waals surface area contributed by atoms with Gasteiger partial charge in [0.1, 0.15) is 6.10 Å². The molecular formula is C34H51NO5SSi. The van der Waals surface area contributed by atoms with Gasteiger partial charge in [-0.3, -0.25) is 9.17 Å². The Morgan fingerprint density at radius 1 is 1.14 bits per heavy atom. The topological polar surface area (TPSA) is 85.7 Å². The van der Waals surface area contributed by atoms with Gasteiger partial charge in [-0.05, 0) is 83.8 Å². The van der Waals surface area contributed by atoms with Gasteiger partial charge in [0, 0.05) is 22.5 Å². The first-order valence-corrected chi connectivity index (χ1v) is 20.1. The Hall–Kier alpha value is -1.84. The molecule has 42 heavy (non-hydrogen) atoms. The van der Waals surface area contributed by atoms with E-state index in [-0.39, 0.29) is 29.1 Å². The number of aromatic nitrogens is 1. The van der Waals surface area contributed by atoms with E-state index in [1.807, 2.05) is 24.3 Å². The zero-order valence-corrected chi connectivity index (χ0v) is 29.1. The number of fused-ring (bicyclic) bond motifs is 1. The quantitative estimate of drug-likeness (QED) is 0.226. The molecule has 0 amide bonds. The van der Waals surface area contributed by atoms with Crippen LogP contribution in [0, 0.1) is 5.41 Å². The molecule has 2 aliphatic carbocycles. The third kappa shape index (κ3) is 7.26. The Bertz CT molecular complexity index is 1440. The van der Waals surface area contributed by atoms with Gasteiger partial charge in [0.2, 0.25) is 0 Å². The predicted molar refractivity (Wildman–Crippen MR) is 173 cm³/mol. The third-order valence-electron chi connectivity index (χ3n) is 9.25. The van der Waals surface area contributed by atoms with Gasteiger partial charge < -0.3 is 9.53 Å². The Balaban J connectivity index is 1.91. The molecule has 1 N–H and O–H groups in total. The lowest BCUT2D eigenvalue weighted by Crippen LogP contribution is -2.44. The Kier molecular flexibility index (Phi) is 9.38. The summed E-state index contributed by atoms with van der Waals surface area (Å²) in [6, 6.07) is 7.39. The van der Waals surface area contributed by atoms with Crippen LogP contribution in [0.5, 0.6) is 0 Å². The van der Waals surface area contributed by atoms with Crippen molar-refractivity contribution < 1.29 is 22.1 Å². The van der Waals surface area contributed by atoms with E-state index in [2.05, 4.69) is 67.6 Å². The average Bonchev–Trinajstić information content (AvgIpc) is 3.39. The Morgan fingerprint density at radius 2 is 1.79 bits per heavy atom. The fraction of sp³-hybridized carbons (Fsp3) is 0.618. The predicted octanol–water partition coefficient (Wildman–Crippen LogP) is 8.37. The molecule has 1 heterocycles. The van der Waals surface area contributed by atoms with E-state index >= 15 is 0 Å². The van der Waals surface area contributed by atoms with Crippen LogP contribution < -0.4 is 0 Å². The molecule has 2 aromatic rings. The van der Waals surface area contributed by atoms with Crippen LogP contribution in [0.2, 0.25) is 18.1 Å². The maximum absolute atomic E-state index is 12.1. The summed E-state index contributed by atoms with van der Waals surface area (Å²) in [6.07, 6.45) is 7.34. The van der Waals surface area contributed by atoms with Gasteiger partial charge in [0.25, 0.3) is 10.1 Å². The summed E-state index contributed by atoms with van der Waals surface area (Å²) in [5, 5.41) is 12.2.